The van der Waals surface area contributed by atoms with Crippen LogP contribution in [0.5, 0.6) is 0 Å². The van der Waals surface area contributed by atoms with E-state index in [0.29, 0.717) is 0 Å². The summed E-state index contributed by atoms with van der Waals surface area (Å²) in [6, 6.07) is 11.0. The Balaban J connectivity index is 2.17. The number of aryl methyl sites for hydroxylation is 1. The van der Waals surface area contributed by atoms with E-state index in [-0.39, 0.29) is 6.04 Å². The van der Waals surface area contributed by atoms with E-state index >= 15 is 0 Å². The fourth-order valence-electron chi connectivity index (χ4n) is 2.03. The molecule has 1 unspecified atom stereocenters. The summed E-state index contributed by atoms with van der Waals surface area (Å²) in [5, 5.41) is 2.15. The first kappa shape index (κ1) is 14.0. The smallest absolute Gasteiger partial charge is 0.0596 e. The Kier molecular flexibility index (Phi) is 5.17. The molecule has 0 saturated carbocycles. The minimum absolute atomic E-state index is 0.208. The van der Waals surface area contributed by atoms with Crippen molar-refractivity contribution < 1.29 is 0 Å². The van der Waals surface area contributed by atoms with Gasteiger partial charge in [-0.15, -0.1) is 11.3 Å². The third-order valence-corrected chi connectivity index (χ3v) is 4.82. The molecule has 2 aromatic rings. The Morgan fingerprint density at radius 3 is 2.61 bits per heavy atom. The summed E-state index contributed by atoms with van der Waals surface area (Å²) in [4.78, 5) is 1.36. The number of nitrogens with one attached hydrogen (secondary N) is 1. The number of thiophene rings is 1. The Morgan fingerprint density at radius 2 is 2.00 bits per heavy atom. The average molecular weight is 372 g/mol. The normalized spacial score (nSPS) is 12.6. The zero-order valence-corrected chi connectivity index (χ0v) is 13.3. The van der Waals surface area contributed by atoms with Gasteiger partial charge in [0.1, 0.15) is 0 Å². The quantitative estimate of drug-likeness (QED) is 0.478. The highest BCUT2D eigenvalue weighted by Crippen LogP contribution is 2.27. The van der Waals surface area contributed by atoms with E-state index in [9.17, 15) is 0 Å². The van der Waals surface area contributed by atoms with Crippen LogP contribution >= 0.6 is 33.9 Å². The van der Waals surface area contributed by atoms with Gasteiger partial charge in [-0.05, 0) is 70.1 Å². The summed E-state index contributed by atoms with van der Waals surface area (Å²) in [5.74, 6) is 5.72. The number of hydrogen-bond acceptors (Lipinski definition) is 3. The number of benzene rings is 1. The Hall–Kier alpha value is -0.430. The van der Waals surface area contributed by atoms with Crippen LogP contribution in [0.2, 0.25) is 0 Å². The zero-order chi connectivity index (χ0) is 13.0. The van der Waals surface area contributed by atoms with Crippen LogP contribution in [0.15, 0.2) is 35.7 Å². The third kappa shape index (κ3) is 3.32. The molecule has 18 heavy (non-hydrogen) atoms. The lowest BCUT2D eigenvalue weighted by molar-refractivity contribution is 0.557. The fourth-order valence-corrected chi connectivity index (χ4v) is 3.45. The van der Waals surface area contributed by atoms with Crippen molar-refractivity contribution in [2.75, 3.05) is 0 Å². The molecule has 0 aliphatic heterocycles. The predicted octanol–water partition coefficient (Wildman–Crippen LogP) is 3.66. The van der Waals surface area contributed by atoms with Gasteiger partial charge in [-0.2, -0.15) is 0 Å². The summed E-state index contributed by atoms with van der Waals surface area (Å²) in [5.41, 5.74) is 5.66. The summed E-state index contributed by atoms with van der Waals surface area (Å²) in [7, 11) is 0. The van der Waals surface area contributed by atoms with Gasteiger partial charge in [0.05, 0.1) is 6.04 Å². The molecule has 1 aromatic heterocycles. The molecular formula is C14H17IN2S. The number of halogens is 1. The fraction of sp³-hybridized carbons (Fsp3) is 0.286. The maximum absolute atomic E-state index is 5.72. The van der Waals surface area contributed by atoms with Crippen molar-refractivity contribution in [2.24, 2.45) is 5.84 Å². The van der Waals surface area contributed by atoms with E-state index < -0.39 is 0 Å². The summed E-state index contributed by atoms with van der Waals surface area (Å²) in [6.45, 7) is 2.18. The van der Waals surface area contributed by atoms with E-state index in [1.807, 2.05) is 0 Å². The first-order chi connectivity index (χ1) is 8.74. The molecule has 1 aromatic carbocycles. The van der Waals surface area contributed by atoms with E-state index in [4.69, 9.17) is 5.84 Å². The van der Waals surface area contributed by atoms with Gasteiger partial charge in [-0.3, -0.25) is 11.3 Å². The second kappa shape index (κ2) is 6.65. The van der Waals surface area contributed by atoms with Crippen LogP contribution < -0.4 is 11.3 Å². The second-order valence-corrected chi connectivity index (χ2v) is 6.41. The highest BCUT2D eigenvalue weighted by molar-refractivity contribution is 14.1. The molecule has 0 saturated heterocycles. The van der Waals surface area contributed by atoms with Gasteiger partial charge in [-0.25, -0.2) is 0 Å². The highest BCUT2D eigenvalue weighted by atomic mass is 127. The van der Waals surface area contributed by atoms with Crippen LogP contribution in [0, 0.1) is 3.57 Å². The van der Waals surface area contributed by atoms with Crippen LogP contribution in [-0.2, 0) is 12.8 Å². The molecule has 2 rings (SSSR count). The Morgan fingerprint density at radius 1 is 1.28 bits per heavy atom. The van der Waals surface area contributed by atoms with Gasteiger partial charge in [0.2, 0.25) is 0 Å². The maximum Gasteiger partial charge on any atom is 0.0596 e. The zero-order valence-electron chi connectivity index (χ0n) is 10.3. The standard InChI is InChI=1S/C14H17IN2S/c1-2-11-7-8-18-14(11)13(17-16)9-10-3-5-12(15)6-4-10/h3-8,13,17H,2,9,16H2,1H3. The molecule has 3 N–H and O–H groups in total. The molecule has 1 atom stereocenters. The van der Waals surface area contributed by atoms with Gasteiger partial charge in [0, 0.05) is 8.45 Å². The minimum atomic E-state index is 0.208. The molecule has 0 fully saturated rings. The highest BCUT2D eigenvalue weighted by Gasteiger charge is 2.15. The molecule has 0 spiro atoms. The van der Waals surface area contributed by atoms with E-state index in [0.717, 1.165) is 12.8 Å². The van der Waals surface area contributed by atoms with Gasteiger partial charge in [0.25, 0.3) is 0 Å². The van der Waals surface area contributed by atoms with Crippen LogP contribution in [0.25, 0.3) is 0 Å². The molecule has 0 amide bonds. The molecule has 4 heteroatoms. The number of nitrogens with two attached hydrogens (primary N) is 1. The molecule has 2 nitrogen and oxygen atoms in total. The van der Waals surface area contributed by atoms with Crippen molar-refractivity contribution in [3.05, 3.63) is 55.3 Å². The van der Waals surface area contributed by atoms with Crippen molar-refractivity contribution in [1.82, 2.24) is 5.43 Å². The average Bonchev–Trinajstić information content (AvgIpc) is 2.86. The molecule has 0 aliphatic carbocycles. The third-order valence-electron chi connectivity index (χ3n) is 3.03. The van der Waals surface area contributed by atoms with Crippen molar-refractivity contribution >= 4 is 33.9 Å². The van der Waals surface area contributed by atoms with Crippen molar-refractivity contribution in [3.63, 3.8) is 0 Å². The summed E-state index contributed by atoms with van der Waals surface area (Å²) >= 11 is 4.11. The van der Waals surface area contributed by atoms with Crippen LogP contribution in [0.4, 0.5) is 0 Å². The lowest BCUT2D eigenvalue weighted by atomic mass is 10.0. The first-order valence-electron chi connectivity index (χ1n) is 6.01. The van der Waals surface area contributed by atoms with E-state index in [2.05, 4.69) is 70.7 Å². The molecule has 0 radical (unpaired) electrons. The van der Waals surface area contributed by atoms with Gasteiger partial charge < -0.3 is 0 Å². The van der Waals surface area contributed by atoms with Gasteiger partial charge >= 0.3 is 0 Å². The lowest BCUT2D eigenvalue weighted by Crippen LogP contribution is -2.29. The van der Waals surface area contributed by atoms with Crippen LogP contribution in [0.1, 0.15) is 29.0 Å². The van der Waals surface area contributed by atoms with Crippen molar-refractivity contribution in [1.29, 1.82) is 0 Å². The Labute approximate surface area is 126 Å². The predicted molar refractivity (Wildman–Crippen MR) is 86.6 cm³/mol. The van der Waals surface area contributed by atoms with Crippen LogP contribution in [-0.4, -0.2) is 0 Å². The van der Waals surface area contributed by atoms with E-state index in [1.54, 1.807) is 11.3 Å². The molecule has 96 valence electrons. The SMILES string of the molecule is CCc1ccsc1C(Cc1ccc(I)cc1)NN. The molecule has 0 aliphatic rings. The van der Waals surface area contributed by atoms with Crippen LogP contribution in [0.3, 0.4) is 0 Å². The summed E-state index contributed by atoms with van der Waals surface area (Å²) in [6.07, 6.45) is 1.99. The molecular weight excluding hydrogens is 355 g/mol. The number of hydrogen-bond donors (Lipinski definition) is 2. The largest absolute Gasteiger partial charge is 0.271 e. The molecule has 0 bridgehead atoms. The minimum Gasteiger partial charge on any atom is -0.271 e. The van der Waals surface area contributed by atoms with Crippen molar-refractivity contribution in [2.45, 2.75) is 25.8 Å². The maximum atomic E-state index is 5.72. The number of rotatable bonds is 5. The Bertz CT molecular complexity index is 493. The summed E-state index contributed by atoms with van der Waals surface area (Å²) < 4.78 is 1.26. The molecule has 1 heterocycles. The van der Waals surface area contributed by atoms with Crippen molar-refractivity contribution in [3.8, 4) is 0 Å². The monoisotopic (exact) mass is 372 g/mol. The van der Waals surface area contributed by atoms with E-state index in [1.165, 1.54) is 19.6 Å². The number of hydrazine groups is 1. The van der Waals surface area contributed by atoms with Gasteiger partial charge in [-0.1, -0.05) is 19.1 Å². The lowest BCUT2D eigenvalue weighted by Gasteiger charge is -2.16. The van der Waals surface area contributed by atoms with Gasteiger partial charge in [0.15, 0.2) is 0 Å². The first-order valence-corrected chi connectivity index (χ1v) is 7.97. The topological polar surface area (TPSA) is 38.0 Å². The second-order valence-electron chi connectivity index (χ2n) is 4.21.